The average Bonchev–Trinajstić information content (AvgIpc) is 2.43. The average molecular weight is 268 g/mol. The van der Waals surface area contributed by atoms with Crippen LogP contribution in [0.4, 0.5) is 11.4 Å². The monoisotopic (exact) mass is 268 g/mol. The van der Waals surface area contributed by atoms with Gasteiger partial charge in [0.15, 0.2) is 0 Å². The molecule has 2 heteroatoms. The normalized spacial score (nSPS) is 21.1. The molecule has 2 aliphatic rings. The number of allylic oxidation sites excluding steroid dienone is 2. The molecule has 20 heavy (non-hydrogen) atoms. The van der Waals surface area contributed by atoms with Crippen LogP contribution >= 0.6 is 0 Å². The lowest BCUT2D eigenvalue weighted by atomic mass is 9.94. The fourth-order valence-corrected chi connectivity index (χ4v) is 3.51. The van der Waals surface area contributed by atoms with Gasteiger partial charge in [0.05, 0.1) is 17.4 Å². The third-order valence-corrected chi connectivity index (χ3v) is 4.21. The smallest absolute Gasteiger partial charge is 0.0731 e. The van der Waals surface area contributed by atoms with Gasteiger partial charge in [0.25, 0.3) is 0 Å². The summed E-state index contributed by atoms with van der Waals surface area (Å²) in [5.41, 5.74) is 4.15. The minimum Gasteiger partial charge on any atom is -0.359 e. The number of nitrogens with zero attached hydrogens (tertiary/aromatic N) is 2. The quantitative estimate of drug-likeness (QED) is 0.787. The second-order valence-electron chi connectivity index (χ2n) is 6.22. The van der Waals surface area contributed by atoms with Crippen LogP contribution in [0.5, 0.6) is 0 Å². The second-order valence-corrected chi connectivity index (χ2v) is 6.22. The maximum Gasteiger partial charge on any atom is 0.0731 e. The summed E-state index contributed by atoms with van der Waals surface area (Å²) in [5, 5.41) is 0. The fraction of sp³-hybridized carbons (Fsp3) is 0.444. The predicted molar refractivity (Wildman–Crippen MR) is 87.3 cm³/mol. The van der Waals surface area contributed by atoms with Crippen molar-refractivity contribution in [2.75, 3.05) is 9.80 Å². The Morgan fingerprint density at radius 1 is 1.00 bits per heavy atom. The summed E-state index contributed by atoms with van der Waals surface area (Å²) in [7, 11) is 0. The third kappa shape index (κ3) is 1.94. The van der Waals surface area contributed by atoms with Gasteiger partial charge in [-0.15, -0.1) is 0 Å². The summed E-state index contributed by atoms with van der Waals surface area (Å²) in [5.74, 6) is 0. The molecule has 0 radical (unpaired) electrons. The highest BCUT2D eigenvalue weighted by molar-refractivity contribution is 5.79. The number of benzene rings is 1. The Balaban J connectivity index is 2.20. The van der Waals surface area contributed by atoms with Crippen LogP contribution in [-0.2, 0) is 0 Å². The van der Waals surface area contributed by atoms with Crippen molar-refractivity contribution >= 4 is 11.4 Å². The first-order chi connectivity index (χ1) is 9.61. The Hall–Kier alpha value is -1.70. The Bertz CT molecular complexity index is 554. The van der Waals surface area contributed by atoms with E-state index in [1.807, 2.05) is 0 Å². The van der Waals surface area contributed by atoms with Gasteiger partial charge in [-0.25, -0.2) is 0 Å². The van der Waals surface area contributed by atoms with Crippen molar-refractivity contribution in [1.29, 1.82) is 0 Å². The van der Waals surface area contributed by atoms with Crippen LogP contribution in [0.3, 0.4) is 0 Å². The molecule has 0 amide bonds. The van der Waals surface area contributed by atoms with Crippen LogP contribution in [0.25, 0.3) is 0 Å². The zero-order valence-corrected chi connectivity index (χ0v) is 12.9. The second kappa shape index (κ2) is 5.01. The van der Waals surface area contributed by atoms with E-state index in [2.05, 4.69) is 80.0 Å². The molecule has 0 saturated carbocycles. The molecule has 1 aliphatic carbocycles. The van der Waals surface area contributed by atoms with Crippen molar-refractivity contribution in [3.8, 4) is 0 Å². The van der Waals surface area contributed by atoms with Gasteiger partial charge in [0, 0.05) is 17.8 Å². The van der Waals surface area contributed by atoms with E-state index < -0.39 is 0 Å². The molecule has 0 spiro atoms. The molecular formula is C18H24N2. The van der Waals surface area contributed by atoms with Crippen molar-refractivity contribution < 1.29 is 0 Å². The molecule has 0 bridgehead atoms. The zero-order valence-electron chi connectivity index (χ0n) is 12.9. The number of hydrogen-bond acceptors (Lipinski definition) is 2. The lowest BCUT2D eigenvalue weighted by molar-refractivity contribution is 0.546. The van der Waals surface area contributed by atoms with Crippen molar-refractivity contribution in [2.45, 2.75) is 52.2 Å². The third-order valence-electron chi connectivity index (χ3n) is 4.21. The summed E-state index contributed by atoms with van der Waals surface area (Å²) >= 11 is 0. The van der Waals surface area contributed by atoms with Crippen molar-refractivity contribution in [3.63, 3.8) is 0 Å². The first-order valence-corrected chi connectivity index (χ1v) is 7.64. The van der Waals surface area contributed by atoms with E-state index in [1.165, 1.54) is 17.1 Å². The van der Waals surface area contributed by atoms with Gasteiger partial charge in [-0.2, -0.15) is 0 Å². The van der Waals surface area contributed by atoms with Crippen LogP contribution in [-0.4, -0.2) is 18.1 Å². The topological polar surface area (TPSA) is 6.48 Å². The Morgan fingerprint density at radius 3 is 2.35 bits per heavy atom. The van der Waals surface area contributed by atoms with Crippen LogP contribution in [0.15, 0.2) is 48.2 Å². The first-order valence-electron chi connectivity index (χ1n) is 7.64. The molecule has 0 aromatic heterocycles. The molecule has 3 rings (SSSR count). The van der Waals surface area contributed by atoms with E-state index in [0.717, 1.165) is 6.42 Å². The predicted octanol–water partition coefficient (Wildman–Crippen LogP) is 4.34. The Labute approximate surface area is 122 Å². The largest absolute Gasteiger partial charge is 0.359 e. The molecule has 0 saturated heterocycles. The summed E-state index contributed by atoms with van der Waals surface area (Å²) in [4.78, 5) is 5.08. The highest BCUT2D eigenvalue weighted by atomic mass is 15.3. The number of para-hydroxylation sites is 2. The van der Waals surface area contributed by atoms with Gasteiger partial charge in [0.1, 0.15) is 0 Å². The van der Waals surface area contributed by atoms with Crippen LogP contribution < -0.4 is 9.80 Å². The summed E-state index contributed by atoms with van der Waals surface area (Å²) in [6.07, 6.45) is 7.88. The molecule has 2 nitrogen and oxygen atoms in total. The van der Waals surface area contributed by atoms with Gasteiger partial charge in [-0.1, -0.05) is 24.3 Å². The Morgan fingerprint density at radius 2 is 1.70 bits per heavy atom. The van der Waals surface area contributed by atoms with Crippen molar-refractivity contribution in [1.82, 2.24) is 0 Å². The molecule has 1 aromatic rings. The highest BCUT2D eigenvalue weighted by Gasteiger charge is 2.36. The molecule has 1 aliphatic heterocycles. The number of hydrogen-bond donors (Lipinski definition) is 0. The first kappa shape index (κ1) is 13.3. The summed E-state index contributed by atoms with van der Waals surface area (Å²) < 4.78 is 0. The van der Waals surface area contributed by atoms with E-state index in [1.54, 1.807) is 0 Å². The summed E-state index contributed by atoms with van der Waals surface area (Å²) in [6, 6.07) is 10.3. The number of anilines is 2. The molecule has 1 unspecified atom stereocenters. The van der Waals surface area contributed by atoms with Crippen molar-refractivity contribution in [2.24, 2.45) is 0 Å². The van der Waals surface area contributed by atoms with E-state index in [0.29, 0.717) is 18.1 Å². The number of rotatable bonds is 2. The van der Waals surface area contributed by atoms with Gasteiger partial charge < -0.3 is 9.80 Å². The van der Waals surface area contributed by atoms with Gasteiger partial charge in [-0.3, -0.25) is 0 Å². The maximum atomic E-state index is 2.57. The molecule has 0 fully saturated rings. The molecule has 0 N–H and O–H groups in total. The van der Waals surface area contributed by atoms with Crippen LogP contribution in [0.1, 0.15) is 34.1 Å². The maximum absolute atomic E-state index is 2.57. The van der Waals surface area contributed by atoms with E-state index in [9.17, 15) is 0 Å². The van der Waals surface area contributed by atoms with Crippen LogP contribution in [0, 0.1) is 0 Å². The lowest BCUT2D eigenvalue weighted by Gasteiger charge is -2.50. The van der Waals surface area contributed by atoms with E-state index in [-0.39, 0.29) is 0 Å². The standard InChI is InChI=1S/C18H24N2/c1-13(2)19-15-9-5-7-11-17(15)20(14(3)4)18-12-8-6-10-16(18)19/h5-11,13-14,18H,12H2,1-4H3. The molecule has 1 aromatic carbocycles. The minimum absolute atomic E-state index is 0.470. The van der Waals surface area contributed by atoms with Crippen LogP contribution in [0.2, 0.25) is 0 Å². The van der Waals surface area contributed by atoms with Gasteiger partial charge in [0.2, 0.25) is 0 Å². The SMILES string of the molecule is CC(C)N1C2=CC=CCC2N(C(C)C)c2ccccc21. The van der Waals surface area contributed by atoms with E-state index >= 15 is 0 Å². The highest BCUT2D eigenvalue weighted by Crippen LogP contribution is 2.44. The van der Waals surface area contributed by atoms with Gasteiger partial charge in [-0.05, 0) is 52.3 Å². The molecular weight excluding hydrogens is 244 g/mol. The van der Waals surface area contributed by atoms with Crippen molar-refractivity contribution in [3.05, 3.63) is 48.2 Å². The van der Waals surface area contributed by atoms with E-state index in [4.69, 9.17) is 0 Å². The minimum atomic E-state index is 0.470. The molecule has 106 valence electrons. The lowest BCUT2D eigenvalue weighted by Crippen LogP contribution is -2.52. The van der Waals surface area contributed by atoms with Gasteiger partial charge >= 0.3 is 0 Å². The fourth-order valence-electron chi connectivity index (χ4n) is 3.51. The Kier molecular flexibility index (Phi) is 3.33. The zero-order chi connectivity index (χ0) is 14.3. The molecule has 1 heterocycles. The number of fused-ring (bicyclic) bond motifs is 2. The molecule has 1 atom stereocenters. The summed E-state index contributed by atoms with van der Waals surface area (Å²) in [6.45, 7) is 9.13.